The van der Waals surface area contributed by atoms with Crippen molar-refractivity contribution in [1.29, 1.82) is 0 Å². The second-order valence-corrected chi connectivity index (χ2v) is 7.40. The Morgan fingerprint density at radius 3 is 2.52 bits per heavy atom. The molecule has 2 heterocycles. The molecule has 0 bridgehead atoms. The van der Waals surface area contributed by atoms with E-state index in [1.54, 1.807) is 6.20 Å². The number of nitrogens with zero attached hydrogens (tertiary/aromatic N) is 3. The minimum atomic E-state index is -0.0832. The van der Waals surface area contributed by atoms with E-state index in [1.165, 1.54) is 12.5 Å². The van der Waals surface area contributed by atoms with Crippen LogP contribution < -0.4 is 5.32 Å². The van der Waals surface area contributed by atoms with Crippen LogP contribution in [0.1, 0.15) is 53.4 Å². The van der Waals surface area contributed by atoms with Crippen LogP contribution in [-0.4, -0.2) is 45.6 Å². The lowest BCUT2D eigenvalue weighted by Crippen LogP contribution is -2.39. The summed E-state index contributed by atoms with van der Waals surface area (Å²) < 4.78 is 1.88. The summed E-state index contributed by atoms with van der Waals surface area (Å²) in [5, 5.41) is 7.38. The van der Waals surface area contributed by atoms with Crippen LogP contribution in [0.25, 0.3) is 0 Å². The standard InChI is InChI=1S/C21H28N4O2/c1-5-10-25-15(3)18(11-22-25)21(27)24-12-19(20(13-24)23-16(4)26)17-8-6-14(2)7-9-17/h6-9,11,19-20H,5,10,12-13H2,1-4H3,(H,23,26)/t19-,20+/m0/s1. The highest BCUT2D eigenvalue weighted by Gasteiger charge is 2.37. The predicted octanol–water partition coefficient (Wildman–Crippen LogP) is 2.65. The molecule has 144 valence electrons. The minimum absolute atomic E-state index is 0.0141. The Morgan fingerprint density at radius 1 is 1.19 bits per heavy atom. The summed E-state index contributed by atoms with van der Waals surface area (Å²) in [4.78, 5) is 26.6. The molecule has 0 saturated carbocycles. The highest BCUT2D eigenvalue weighted by molar-refractivity contribution is 5.95. The second-order valence-electron chi connectivity index (χ2n) is 7.40. The number of likely N-dealkylation sites (tertiary alicyclic amines) is 1. The van der Waals surface area contributed by atoms with Crippen LogP contribution in [0.3, 0.4) is 0 Å². The molecule has 6 nitrogen and oxygen atoms in total. The number of hydrogen-bond donors (Lipinski definition) is 1. The molecule has 27 heavy (non-hydrogen) atoms. The SMILES string of the molecule is CCCn1ncc(C(=O)N2C[C@@H](NC(C)=O)[C@H](c3ccc(C)cc3)C2)c1C. The van der Waals surface area contributed by atoms with E-state index < -0.39 is 0 Å². The van der Waals surface area contributed by atoms with Gasteiger partial charge < -0.3 is 10.2 Å². The van der Waals surface area contributed by atoms with E-state index in [1.807, 2.05) is 16.5 Å². The molecule has 1 aromatic carbocycles. The van der Waals surface area contributed by atoms with E-state index in [-0.39, 0.29) is 23.8 Å². The first kappa shape index (κ1) is 19.1. The fourth-order valence-corrected chi connectivity index (χ4v) is 3.79. The van der Waals surface area contributed by atoms with Crippen molar-refractivity contribution in [1.82, 2.24) is 20.0 Å². The Hall–Kier alpha value is -2.63. The van der Waals surface area contributed by atoms with Crippen LogP contribution in [0, 0.1) is 13.8 Å². The maximum Gasteiger partial charge on any atom is 0.257 e. The molecule has 2 aromatic rings. The first-order chi connectivity index (χ1) is 12.9. The van der Waals surface area contributed by atoms with Crippen LogP contribution in [0.2, 0.25) is 0 Å². The third kappa shape index (κ3) is 4.04. The summed E-state index contributed by atoms with van der Waals surface area (Å²) in [6.45, 7) is 9.51. The van der Waals surface area contributed by atoms with Crippen molar-refractivity contribution in [2.75, 3.05) is 13.1 Å². The van der Waals surface area contributed by atoms with Gasteiger partial charge in [0.1, 0.15) is 0 Å². The van der Waals surface area contributed by atoms with E-state index >= 15 is 0 Å². The molecule has 2 amide bonds. The number of rotatable bonds is 5. The number of nitrogens with one attached hydrogen (secondary N) is 1. The van der Waals surface area contributed by atoms with E-state index in [9.17, 15) is 9.59 Å². The van der Waals surface area contributed by atoms with Gasteiger partial charge >= 0.3 is 0 Å². The topological polar surface area (TPSA) is 67.2 Å². The van der Waals surface area contributed by atoms with Crippen molar-refractivity contribution in [2.45, 2.75) is 52.6 Å². The molecule has 0 spiro atoms. The average molecular weight is 368 g/mol. The van der Waals surface area contributed by atoms with Gasteiger partial charge in [-0.1, -0.05) is 36.8 Å². The molecule has 0 aliphatic carbocycles. The molecule has 3 rings (SSSR count). The fourth-order valence-electron chi connectivity index (χ4n) is 3.79. The van der Waals surface area contributed by atoms with Gasteiger partial charge in [-0.2, -0.15) is 5.10 Å². The Labute approximate surface area is 160 Å². The molecule has 1 saturated heterocycles. The highest BCUT2D eigenvalue weighted by Crippen LogP contribution is 2.29. The zero-order valence-corrected chi connectivity index (χ0v) is 16.5. The maximum absolute atomic E-state index is 13.1. The van der Waals surface area contributed by atoms with Gasteiger partial charge in [0.15, 0.2) is 0 Å². The van der Waals surface area contributed by atoms with Crippen molar-refractivity contribution in [2.24, 2.45) is 0 Å². The summed E-state index contributed by atoms with van der Waals surface area (Å²) in [5.74, 6) is 0.00242. The summed E-state index contributed by atoms with van der Waals surface area (Å²) >= 11 is 0. The second kappa shape index (κ2) is 7.94. The van der Waals surface area contributed by atoms with Crippen molar-refractivity contribution in [3.63, 3.8) is 0 Å². The molecule has 6 heteroatoms. The number of aromatic nitrogens is 2. The monoisotopic (exact) mass is 368 g/mol. The largest absolute Gasteiger partial charge is 0.351 e. The summed E-state index contributed by atoms with van der Waals surface area (Å²) in [6.07, 6.45) is 2.64. The first-order valence-electron chi connectivity index (χ1n) is 9.56. The molecule has 1 fully saturated rings. The van der Waals surface area contributed by atoms with Crippen LogP contribution >= 0.6 is 0 Å². The zero-order chi connectivity index (χ0) is 19.6. The van der Waals surface area contributed by atoms with Crippen molar-refractivity contribution in [3.05, 3.63) is 52.8 Å². The molecule has 2 atom stereocenters. The molecular weight excluding hydrogens is 340 g/mol. The Bertz CT molecular complexity index is 825. The van der Waals surface area contributed by atoms with E-state index in [4.69, 9.17) is 0 Å². The van der Waals surface area contributed by atoms with Gasteiger partial charge in [-0.25, -0.2) is 0 Å². The number of hydrogen-bond acceptors (Lipinski definition) is 3. The number of amides is 2. The fraction of sp³-hybridized carbons (Fsp3) is 0.476. The minimum Gasteiger partial charge on any atom is -0.351 e. The molecule has 1 aromatic heterocycles. The quantitative estimate of drug-likeness (QED) is 0.882. The maximum atomic E-state index is 13.1. The van der Waals surface area contributed by atoms with Gasteiger partial charge in [-0.3, -0.25) is 14.3 Å². The zero-order valence-electron chi connectivity index (χ0n) is 16.5. The van der Waals surface area contributed by atoms with Crippen molar-refractivity contribution >= 4 is 11.8 Å². The van der Waals surface area contributed by atoms with E-state index in [0.717, 1.165) is 24.2 Å². The lowest BCUT2D eigenvalue weighted by Gasteiger charge is -2.19. The Kier molecular flexibility index (Phi) is 5.63. The van der Waals surface area contributed by atoms with Crippen LogP contribution in [-0.2, 0) is 11.3 Å². The number of carbonyl (C=O) groups excluding carboxylic acids is 2. The molecule has 0 radical (unpaired) electrons. The van der Waals surface area contributed by atoms with Crippen molar-refractivity contribution in [3.8, 4) is 0 Å². The molecule has 0 unspecified atom stereocenters. The van der Waals surface area contributed by atoms with Crippen LogP contribution in [0.5, 0.6) is 0 Å². The normalized spacial score (nSPS) is 19.3. The molecular formula is C21H28N4O2. The van der Waals surface area contributed by atoms with Crippen LogP contribution in [0.15, 0.2) is 30.5 Å². The Balaban J connectivity index is 1.83. The van der Waals surface area contributed by atoms with Gasteiger partial charge in [-0.15, -0.1) is 0 Å². The van der Waals surface area contributed by atoms with Crippen molar-refractivity contribution < 1.29 is 9.59 Å². The van der Waals surface area contributed by atoms with Gasteiger partial charge in [-0.05, 0) is 25.8 Å². The lowest BCUT2D eigenvalue weighted by atomic mass is 9.93. The van der Waals surface area contributed by atoms with E-state index in [0.29, 0.717) is 18.7 Å². The van der Waals surface area contributed by atoms with Gasteiger partial charge in [0.05, 0.1) is 17.8 Å². The highest BCUT2D eigenvalue weighted by atomic mass is 16.2. The Morgan fingerprint density at radius 2 is 1.89 bits per heavy atom. The van der Waals surface area contributed by atoms with Gasteiger partial charge in [0, 0.05) is 38.2 Å². The van der Waals surface area contributed by atoms with E-state index in [2.05, 4.69) is 48.5 Å². The van der Waals surface area contributed by atoms with Gasteiger partial charge in [0.2, 0.25) is 5.91 Å². The summed E-state index contributed by atoms with van der Waals surface area (Å²) in [7, 11) is 0. The first-order valence-corrected chi connectivity index (χ1v) is 9.56. The summed E-state index contributed by atoms with van der Waals surface area (Å²) in [5.41, 5.74) is 3.89. The number of benzene rings is 1. The molecule has 1 aliphatic rings. The summed E-state index contributed by atoms with van der Waals surface area (Å²) in [6, 6.07) is 8.24. The van der Waals surface area contributed by atoms with Crippen LogP contribution in [0.4, 0.5) is 0 Å². The van der Waals surface area contributed by atoms with Gasteiger partial charge in [0.25, 0.3) is 5.91 Å². The smallest absolute Gasteiger partial charge is 0.257 e. The molecule has 1 aliphatic heterocycles. The number of aryl methyl sites for hydroxylation is 2. The predicted molar refractivity (Wildman–Crippen MR) is 105 cm³/mol. The third-order valence-electron chi connectivity index (χ3n) is 5.27. The average Bonchev–Trinajstić information content (AvgIpc) is 3.19. The number of carbonyl (C=O) groups is 2. The molecule has 1 N–H and O–H groups in total. The third-order valence-corrected chi connectivity index (χ3v) is 5.27. The lowest BCUT2D eigenvalue weighted by molar-refractivity contribution is -0.119.